The molecule has 0 amide bonds. The van der Waals surface area contributed by atoms with E-state index in [4.69, 9.17) is 6.65 Å². The summed E-state index contributed by atoms with van der Waals surface area (Å²) >= 11 is -2.00. The summed E-state index contributed by atoms with van der Waals surface area (Å²) in [5, 5.41) is 0. The van der Waals surface area contributed by atoms with Gasteiger partial charge in [0.1, 0.15) is 0 Å². The first-order valence-electron chi connectivity index (χ1n) is 0.408. The molecule has 0 unspecified atom stereocenters. The Hall–Kier alpha value is 2.25. The molecule has 0 aliphatic heterocycles. The van der Waals surface area contributed by atoms with Crippen LogP contribution in [0.25, 0.3) is 0 Å². The summed E-state index contributed by atoms with van der Waals surface area (Å²) in [5.74, 6) is 0. The molecule has 6 heavy (non-hydrogen) atoms. The first kappa shape index (κ1) is 24.0. The average molecular weight is 294 g/mol. The Balaban J connectivity index is -0.00000000667. The molecule has 0 saturated heterocycles. The Morgan fingerprint density at radius 1 is 1.17 bits per heavy atom. The fourth-order valence-electron chi connectivity index (χ4n) is 0. The van der Waals surface area contributed by atoms with Gasteiger partial charge in [-0.25, -0.2) is 0 Å². The minimum absolute atomic E-state index is 0. The van der Waals surface area contributed by atoms with Crippen molar-refractivity contribution in [3.05, 3.63) is 0 Å². The van der Waals surface area contributed by atoms with Crippen LogP contribution in [-0.2, 0) is 42.8 Å². The first-order valence-corrected chi connectivity index (χ1v) is 1.68. The van der Waals surface area contributed by atoms with Crippen LogP contribution in [0.4, 0.5) is 0 Å². The Bertz CT molecular complexity index is 34.5. The van der Waals surface area contributed by atoms with Gasteiger partial charge in [0.2, 0.25) is 0 Å². The molecular formula is H3BFeNdO2Ti. The van der Waals surface area contributed by atoms with Gasteiger partial charge >= 0.3 is 25.7 Å². The quantitative estimate of drug-likeness (QED) is 0.514. The Labute approximate surface area is 90.4 Å². The van der Waals surface area contributed by atoms with Crippen LogP contribution in [0.3, 0.4) is 0 Å². The summed E-state index contributed by atoms with van der Waals surface area (Å²) in [6, 6.07) is 0. The van der Waals surface area contributed by atoms with Crippen molar-refractivity contribution in [2.75, 3.05) is 0 Å². The van der Waals surface area contributed by atoms with E-state index in [2.05, 4.69) is 0 Å². The van der Waals surface area contributed by atoms with Crippen molar-refractivity contribution in [3.63, 3.8) is 0 Å². The summed E-state index contributed by atoms with van der Waals surface area (Å²) in [4.78, 5) is 0. The summed E-state index contributed by atoms with van der Waals surface area (Å²) in [5.41, 5.74) is 0. The van der Waals surface area contributed by atoms with Crippen LogP contribution in [0.2, 0.25) is 0 Å². The summed E-state index contributed by atoms with van der Waals surface area (Å²) in [6.07, 6.45) is 0. The van der Waals surface area contributed by atoms with Crippen molar-refractivity contribution in [2.24, 2.45) is 0 Å². The molecule has 0 aromatic heterocycles. The topological polar surface area (TPSA) is 34.1 Å². The summed E-state index contributed by atoms with van der Waals surface area (Å²) in [7, 11) is 0. The van der Waals surface area contributed by atoms with Gasteiger partial charge in [-0.1, -0.05) is 0 Å². The van der Waals surface area contributed by atoms with Crippen molar-refractivity contribution < 1.29 is 83.6 Å². The van der Waals surface area contributed by atoms with Crippen molar-refractivity contribution in [1.82, 2.24) is 0 Å². The zero-order chi connectivity index (χ0) is 2.71. The average Bonchev–Trinajstić information content (AvgIpc) is 0.918. The standard InChI is InChI=1S/BH3.Fe.Nd.2O.Ti/h1H3;;;;;. The molecule has 0 aromatic rings. The Morgan fingerprint density at radius 3 is 1.17 bits per heavy atom. The molecule has 0 radical (unpaired) electrons. The van der Waals surface area contributed by atoms with E-state index in [-0.39, 0.29) is 66.3 Å². The van der Waals surface area contributed by atoms with Crippen LogP contribution in [0.1, 0.15) is 0 Å². The molecular weight excluding hydrogens is 291 g/mol. The monoisotopic (exact) mass is 292 g/mol. The van der Waals surface area contributed by atoms with E-state index in [0.717, 1.165) is 0 Å². The molecule has 0 aliphatic rings. The molecule has 2 nitrogen and oxygen atoms in total. The molecule has 0 N–H and O–H groups in total. The zero-order valence-corrected chi connectivity index (χ0v) is 8.04. The number of rotatable bonds is 0. The first-order chi connectivity index (χ1) is 1.41. The van der Waals surface area contributed by atoms with E-state index >= 15 is 0 Å². The van der Waals surface area contributed by atoms with Crippen LogP contribution in [0.15, 0.2) is 0 Å². The molecule has 34 valence electrons. The van der Waals surface area contributed by atoms with Gasteiger partial charge in [-0.2, -0.15) is 0 Å². The van der Waals surface area contributed by atoms with Gasteiger partial charge in [-0.3, -0.25) is 0 Å². The van der Waals surface area contributed by atoms with Crippen LogP contribution >= 0.6 is 0 Å². The molecule has 0 spiro atoms. The normalized spacial score (nSPS) is 1.33. The van der Waals surface area contributed by atoms with Crippen LogP contribution in [0.5, 0.6) is 0 Å². The second kappa shape index (κ2) is 26.8. The van der Waals surface area contributed by atoms with E-state index in [1.165, 1.54) is 0 Å². The van der Waals surface area contributed by atoms with Gasteiger partial charge < -0.3 is 0 Å². The van der Waals surface area contributed by atoms with Crippen LogP contribution in [0, 0.1) is 40.8 Å². The third-order valence-corrected chi connectivity index (χ3v) is 0. The van der Waals surface area contributed by atoms with E-state index in [1.807, 2.05) is 0 Å². The Kier molecular flexibility index (Phi) is 107. The van der Waals surface area contributed by atoms with Gasteiger partial charge in [0.05, 0.1) is 8.41 Å². The number of hydrogen-bond acceptors (Lipinski definition) is 2. The van der Waals surface area contributed by atoms with Gasteiger partial charge in [0.15, 0.2) is 0 Å². The fraction of sp³-hybridized carbons (Fsp3) is 0. The van der Waals surface area contributed by atoms with E-state index in [9.17, 15) is 0 Å². The summed E-state index contributed by atoms with van der Waals surface area (Å²) in [6.45, 7) is 0. The molecule has 0 heterocycles. The van der Waals surface area contributed by atoms with E-state index < -0.39 is 19.1 Å². The van der Waals surface area contributed by atoms with Crippen LogP contribution in [-0.4, -0.2) is 8.41 Å². The molecule has 0 bridgehead atoms. The minimum atomic E-state index is -2.00. The maximum atomic E-state index is 8.50. The van der Waals surface area contributed by atoms with Crippen molar-refractivity contribution in [3.8, 4) is 0 Å². The van der Waals surface area contributed by atoms with Gasteiger partial charge in [0, 0.05) is 57.9 Å². The molecule has 0 aliphatic carbocycles. The fourth-order valence-corrected chi connectivity index (χ4v) is 0. The molecule has 0 saturated carbocycles. The van der Waals surface area contributed by atoms with Crippen molar-refractivity contribution in [2.45, 2.75) is 0 Å². The SMILES string of the molecule is B.[Fe].[Nd].[O]=[Ti]=[O]. The second-order valence-corrected chi connectivity index (χ2v) is 0.344. The molecule has 6 heteroatoms. The summed E-state index contributed by atoms with van der Waals surface area (Å²) < 4.78 is 17.0. The van der Waals surface area contributed by atoms with Crippen molar-refractivity contribution in [1.29, 1.82) is 0 Å². The molecule has 0 rings (SSSR count). The van der Waals surface area contributed by atoms with Gasteiger partial charge in [-0.15, -0.1) is 0 Å². The Morgan fingerprint density at radius 2 is 1.17 bits per heavy atom. The van der Waals surface area contributed by atoms with Crippen LogP contribution < -0.4 is 0 Å². The third kappa shape index (κ3) is 34.0. The third-order valence-electron chi connectivity index (χ3n) is 0. The van der Waals surface area contributed by atoms with Gasteiger partial charge in [0.25, 0.3) is 0 Å². The zero-order valence-electron chi connectivity index (χ0n) is 2.17. The predicted molar refractivity (Wildman–Crippen MR) is 11.3 cm³/mol. The maximum absolute atomic E-state index is 8.50. The second-order valence-electron chi connectivity index (χ2n) is 0.0833. The molecule has 0 atom stereocenters. The van der Waals surface area contributed by atoms with E-state index in [1.54, 1.807) is 0 Å². The van der Waals surface area contributed by atoms with E-state index in [0.29, 0.717) is 0 Å². The van der Waals surface area contributed by atoms with Crippen molar-refractivity contribution >= 4 is 8.41 Å². The molecule has 0 fully saturated rings. The predicted octanol–water partition coefficient (Wildman–Crippen LogP) is -1.43. The molecule has 0 aromatic carbocycles. The van der Waals surface area contributed by atoms with Gasteiger partial charge in [-0.05, 0) is 0 Å². The number of hydrogen-bond donors (Lipinski definition) is 0.